The van der Waals surface area contributed by atoms with Gasteiger partial charge in [0.1, 0.15) is 6.33 Å². The van der Waals surface area contributed by atoms with Crippen molar-refractivity contribution in [3.05, 3.63) is 94.9 Å². The van der Waals surface area contributed by atoms with E-state index < -0.39 is 23.2 Å². The molecule has 2 aromatic carbocycles. The van der Waals surface area contributed by atoms with Gasteiger partial charge in [0.2, 0.25) is 5.88 Å². The fraction of sp³-hybridized carbons (Fsp3) is 0.296. The zero-order chi connectivity index (χ0) is 28.2. The molecule has 0 fully saturated rings. The summed E-state index contributed by atoms with van der Waals surface area (Å²) in [6.07, 6.45) is -1.77. The summed E-state index contributed by atoms with van der Waals surface area (Å²) in [4.78, 5) is 17.0. The van der Waals surface area contributed by atoms with Gasteiger partial charge >= 0.3 is 6.18 Å². The first-order valence-electron chi connectivity index (χ1n) is 12.0. The minimum atomic E-state index is -4.52. The van der Waals surface area contributed by atoms with Gasteiger partial charge in [-0.05, 0) is 79.1 Å². The minimum absolute atomic E-state index is 0.0948. The molecule has 2 aromatic heterocycles. The van der Waals surface area contributed by atoms with Crippen LogP contribution in [-0.2, 0) is 17.4 Å². The SMILES string of the molecule is CC(NC(=O)C(C)(C)Oc1ccc(C(F)(F)F)cn1)C(Cc1ccc(Cl)cc1)c1cccc(-n2cnnn2)c1. The molecule has 204 valence electrons. The molecule has 2 atom stereocenters. The number of benzene rings is 2. The molecular weight excluding hydrogens is 533 g/mol. The number of ether oxygens (including phenoxy) is 1. The first-order chi connectivity index (χ1) is 18.4. The second kappa shape index (κ2) is 11.4. The van der Waals surface area contributed by atoms with Crippen LogP contribution in [0.3, 0.4) is 0 Å². The molecule has 8 nitrogen and oxygen atoms in total. The van der Waals surface area contributed by atoms with E-state index in [1.54, 1.807) is 4.68 Å². The number of halogens is 4. The Bertz CT molecular complexity index is 1390. The summed E-state index contributed by atoms with van der Waals surface area (Å²) >= 11 is 6.07. The minimum Gasteiger partial charge on any atom is -0.462 e. The zero-order valence-electron chi connectivity index (χ0n) is 21.4. The fourth-order valence-electron chi connectivity index (χ4n) is 4.03. The summed E-state index contributed by atoms with van der Waals surface area (Å²) in [6.45, 7) is 4.94. The van der Waals surface area contributed by atoms with Crippen LogP contribution in [0.2, 0.25) is 5.02 Å². The third-order valence-electron chi connectivity index (χ3n) is 6.21. The van der Waals surface area contributed by atoms with Gasteiger partial charge in [-0.2, -0.15) is 13.2 Å². The quantitative estimate of drug-likeness (QED) is 0.295. The lowest BCUT2D eigenvalue weighted by molar-refractivity contribution is -0.138. The Morgan fingerprint density at radius 1 is 1.10 bits per heavy atom. The van der Waals surface area contributed by atoms with Crippen molar-refractivity contribution in [1.29, 1.82) is 0 Å². The van der Waals surface area contributed by atoms with Crippen LogP contribution in [0, 0.1) is 0 Å². The Kier molecular flexibility index (Phi) is 8.19. The Morgan fingerprint density at radius 3 is 2.46 bits per heavy atom. The average molecular weight is 559 g/mol. The third kappa shape index (κ3) is 7.11. The molecule has 0 aliphatic rings. The van der Waals surface area contributed by atoms with E-state index in [4.69, 9.17) is 16.3 Å². The van der Waals surface area contributed by atoms with E-state index in [1.807, 2.05) is 55.5 Å². The number of hydrogen-bond acceptors (Lipinski definition) is 6. The van der Waals surface area contributed by atoms with Crippen molar-refractivity contribution in [3.63, 3.8) is 0 Å². The van der Waals surface area contributed by atoms with Crippen LogP contribution in [0.1, 0.15) is 43.4 Å². The van der Waals surface area contributed by atoms with E-state index in [1.165, 1.54) is 20.2 Å². The topological polar surface area (TPSA) is 94.8 Å². The summed E-state index contributed by atoms with van der Waals surface area (Å²) < 4.78 is 45.8. The van der Waals surface area contributed by atoms with Crippen molar-refractivity contribution < 1.29 is 22.7 Å². The highest BCUT2D eigenvalue weighted by Crippen LogP contribution is 2.30. The number of aromatic nitrogens is 5. The summed E-state index contributed by atoms with van der Waals surface area (Å²) in [7, 11) is 0. The number of amides is 1. The molecule has 0 spiro atoms. The first-order valence-corrected chi connectivity index (χ1v) is 12.4. The van der Waals surface area contributed by atoms with Gasteiger partial charge in [-0.1, -0.05) is 35.9 Å². The van der Waals surface area contributed by atoms with Crippen molar-refractivity contribution in [3.8, 4) is 11.6 Å². The fourth-order valence-corrected chi connectivity index (χ4v) is 4.16. The van der Waals surface area contributed by atoms with Crippen molar-refractivity contribution in [1.82, 2.24) is 30.5 Å². The second-order valence-corrected chi connectivity index (χ2v) is 9.98. The van der Waals surface area contributed by atoms with Gasteiger partial charge < -0.3 is 10.1 Å². The maximum absolute atomic E-state index is 13.3. The molecule has 2 heterocycles. The van der Waals surface area contributed by atoms with Gasteiger partial charge in [0.05, 0.1) is 11.3 Å². The molecule has 1 amide bonds. The lowest BCUT2D eigenvalue weighted by Crippen LogP contribution is -2.51. The summed E-state index contributed by atoms with van der Waals surface area (Å²) in [5.74, 6) is -0.719. The summed E-state index contributed by atoms with van der Waals surface area (Å²) in [5, 5.41) is 15.0. The predicted octanol–water partition coefficient (Wildman–Crippen LogP) is 5.42. The van der Waals surface area contributed by atoms with Crippen molar-refractivity contribution in [2.45, 2.75) is 50.9 Å². The van der Waals surface area contributed by atoms with Crippen LogP contribution in [0.15, 0.2) is 73.2 Å². The molecule has 12 heteroatoms. The summed E-state index contributed by atoms with van der Waals surface area (Å²) in [5.41, 5.74) is 0.394. The number of carbonyl (C=O) groups is 1. The molecule has 1 N–H and O–H groups in total. The largest absolute Gasteiger partial charge is 0.462 e. The molecule has 2 unspecified atom stereocenters. The lowest BCUT2D eigenvalue weighted by atomic mass is 9.86. The van der Waals surface area contributed by atoms with Crippen molar-refractivity contribution >= 4 is 17.5 Å². The van der Waals surface area contributed by atoms with E-state index in [-0.39, 0.29) is 17.8 Å². The molecule has 0 bridgehead atoms. The smallest absolute Gasteiger partial charge is 0.417 e. The van der Waals surface area contributed by atoms with Crippen LogP contribution in [0.5, 0.6) is 5.88 Å². The maximum atomic E-state index is 13.3. The van der Waals surface area contributed by atoms with E-state index in [0.29, 0.717) is 17.6 Å². The molecular formula is C27H26ClF3N6O2. The van der Waals surface area contributed by atoms with Gasteiger partial charge in [-0.15, -0.1) is 5.10 Å². The van der Waals surface area contributed by atoms with E-state index >= 15 is 0 Å². The third-order valence-corrected chi connectivity index (χ3v) is 6.47. The lowest BCUT2D eigenvalue weighted by Gasteiger charge is -2.31. The van der Waals surface area contributed by atoms with Gasteiger partial charge in [-0.25, -0.2) is 9.67 Å². The number of nitrogens with zero attached hydrogens (tertiary/aromatic N) is 5. The Hall–Kier alpha value is -3.99. The molecule has 39 heavy (non-hydrogen) atoms. The molecule has 0 radical (unpaired) electrons. The number of hydrogen-bond donors (Lipinski definition) is 1. The zero-order valence-corrected chi connectivity index (χ0v) is 22.1. The highest BCUT2D eigenvalue weighted by Gasteiger charge is 2.34. The molecule has 4 rings (SSSR count). The Morgan fingerprint density at radius 2 is 1.85 bits per heavy atom. The van der Waals surface area contributed by atoms with Gasteiger partial charge in [0.25, 0.3) is 5.91 Å². The van der Waals surface area contributed by atoms with Crippen LogP contribution in [0.25, 0.3) is 5.69 Å². The maximum Gasteiger partial charge on any atom is 0.417 e. The number of carbonyl (C=O) groups excluding carboxylic acids is 1. The average Bonchev–Trinajstić information content (AvgIpc) is 3.43. The molecule has 0 saturated carbocycles. The monoisotopic (exact) mass is 558 g/mol. The highest BCUT2D eigenvalue weighted by molar-refractivity contribution is 6.30. The Labute approximate surface area is 228 Å². The molecule has 0 aliphatic carbocycles. The van der Waals surface area contributed by atoms with Gasteiger partial charge in [-0.3, -0.25) is 4.79 Å². The standard InChI is InChI=1S/C27H26ClF3N6O2/c1-17(34-25(38)26(2,3)39-24-12-9-20(15-32-24)27(29,30)31)23(13-18-7-10-21(28)11-8-18)19-5-4-6-22(14-19)37-16-33-35-36-37/h4-12,14-17,23H,13H2,1-3H3,(H,34,38). The molecule has 4 aromatic rings. The van der Waals surface area contributed by atoms with Crippen LogP contribution in [-0.4, -0.2) is 42.7 Å². The highest BCUT2D eigenvalue weighted by atomic mass is 35.5. The van der Waals surface area contributed by atoms with E-state index in [0.717, 1.165) is 28.9 Å². The van der Waals surface area contributed by atoms with Crippen LogP contribution >= 0.6 is 11.6 Å². The van der Waals surface area contributed by atoms with Crippen LogP contribution < -0.4 is 10.1 Å². The van der Waals surface area contributed by atoms with Gasteiger partial charge in [0, 0.05) is 29.2 Å². The number of rotatable bonds is 9. The van der Waals surface area contributed by atoms with Crippen LogP contribution in [0.4, 0.5) is 13.2 Å². The first kappa shape index (κ1) is 28.0. The molecule has 0 aliphatic heterocycles. The number of nitrogens with one attached hydrogen (secondary N) is 1. The van der Waals surface area contributed by atoms with Gasteiger partial charge in [0.15, 0.2) is 5.60 Å². The Balaban J connectivity index is 1.55. The van der Waals surface area contributed by atoms with E-state index in [9.17, 15) is 18.0 Å². The number of tetrazole rings is 1. The second-order valence-electron chi connectivity index (χ2n) is 9.54. The normalized spacial score (nSPS) is 13.5. The summed E-state index contributed by atoms with van der Waals surface area (Å²) in [6, 6.07) is 16.7. The number of alkyl halides is 3. The number of pyridine rings is 1. The predicted molar refractivity (Wildman–Crippen MR) is 139 cm³/mol. The van der Waals surface area contributed by atoms with Crippen molar-refractivity contribution in [2.75, 3.05) is 0 Å². The van der Waals surface area contributed by atoms with Crippen molar-refractivity contribution in [2.24, 2.45) is 0 Å². The molecule has 0 saturated heterocycles. The van der Waals surface area contributed by atoms with E-state index in [2.05, 4.69) is 25.8 Å².